The van der Waals surface area contributed by atoms with Crippen molar-refractivity contribution in [3.8, 4) is 28.3 Å². The van der Waals surface area contributed by atoms with Crippen LogP contribution < -0.4 is 4.74 Å². The van der Waals surface area contributed by atoms with Gasteiger partial charge < -0.3 is 13.9 Å². The number of hydrogen-bond acceptors (Lipinski definition) is 1. The largest absolute Gasteiger partial charge is 0.485 e. The van der Waals surface area contributed by atoms with Crippen LogP contribution in [0.2, 0.25) is 0 Å². The van der Waals surface area contributed by atoms with E-state index in [2.05, 4.69) is 154 Å². The molecule has 220 valence electrons. The summed E-state index contributed by atoms with van der Waals surface area (Å²) in [6.45, 7) is 8.15. The van der Waals surface area contributed by atoms with Crippen LogP contribution in [-0.2, 0) is 0 Å². The number of para-hydroxylation sites is 4. The molecular formula is C43H27N3O. The van der Waals surface area contributed by atoms with Gasteiger partial charge in [0.05, 0.1) is 34.3 Å². The lowest BCUT2D eigenvalue weighted by molar-refractivity contribution is 0.269. The third-order valence-electron chi connectivity index (χ3n) is 9.89. The van der Waals surface area contributed by atoms with Crippen LogP contribution in [-0.4, -0.2) is 15.2 Å². The minimum Gasteiger partial charge on any atom is -0.485 e. The molecule has 0 radical (unpaired) electrons. The Bertz CT molecular complexity index is 2630. The molecule has 2 aliphatic rings. The maximum Gasteiger partial charge on any atom is 0.211 e. The topological polar surface area (TPSA) is 23.4 Å². The van der Waals surface area contributed by atoms with Gasteiger partial charge in [0.25, 0.3) is 0 Å². The van der Waals surface area contributed by atoms with Gasteiger partial charge in [0, 0.05) is 38.7 Å². The summed E-state index contributed by atoms with van der Waals surface area (Å²) in [5.41, 5.74) is 10.5. The van der Waals surface area contributed by atoms with Gasteiger partial charge in [-0.1, -0.05) is 103 Å². The molecule has 0 saturated heterocycles. The normalized spacial score (nSPS) is 16.5. The summed E-state index contributed by atoms with van der Waals surface area (Å²) in [5, 5.41) is 4.75. The summed E-state index contributed by atoms with van der Waals surface area (Å²) in [5.74, 6) is 1.20. The van der Waals surface area contributed by atoms with Crippen molar-refractivity contribution in [3.63, 3.8) is 0 Å². The van der Waals surface area contributed by atoms with E-state index in [4.69, 9.17) is 11.3 Å². The highest BCUT2D eigenvalue weighted by molar-refractivity contribution is 6.11. The molecule has 1 aliphatic heterocycles. The van der Waals surface area contributed by atoms with Crippen molar-refractivity contribution in [2.24, 2.45) is 0 Å². The predicted octanol–water partition coefficient (Wildman–Crippen LogP) is 11.1. The Balaban J connectivity index is 1.16. The van der Waals surface area contributed by atoms with Crippen LogP contribution in [0.4, 0.5) is 5.69 Å². The van der Waals surface area contributed by atoms with Gasteiger partial charge in [-0.05, 0) is 59.7 Å². The summed E-state index contributed by atoms with van der Waals surface area (Å²) in [6.07, 6.45) is 8.64. The first-order valence-corrected chi connectivity index (χ1v) is 16.0. The number of rotatable bonds is 3. The van der Waals surface area contributed by atoms with Crippen LogP contribution in [0.1, 0.15) is 11.5 Å². The van der Waals surface area contributed by atoms with Gasteiger partial charge in [-0.3, -0.25) is 0 Å². The molecule has 4 heteroatoms. The number of allylic oxidation sites excluding steroid dienone is 2. The van der Waals surface area contributed by atoms with Gasteiger partial charge >= 0.3 is 0 Å². The lowest BCUT2D eigenvalue weighted by Gasteiger charge is -2.17. The first-order chi connectivity index (χ1) is 23.3. The molecule has 0 amide bonds. The van der Waals surface area contributed by atoms with Crippen LogP contribution in [0, 0.1) is 6.57 Å². The molecule has 2 aromatic heterocycles. The Labute approximate surface area is 271 Å². The Morgan fingerprint density at radius 3 is 1.91 bits per heavy atom. The molecule has 47 heavy (non-hydrogen) atoms. The summed E-state index contributed by atoms with van der Waals surface area (Å²) in [6, 6.07) is 44.9. The first kappa shape index (κ1) is 26.0. The molecule has 0 spiro atoms. The second-order valence-electron chi connectivity index (χ2n) is 12.3. The molecule has 0 fully saturated rings. The van der Waals surface area contributed by atoms with Crippen molar-refractivity contribution >= 4 is 49.3 Å². The lowest BCUT2D eigenvalue weighted by atomic mass is 9.91. The molecular weight excluding hydrogens is 574 g/mol. The van der Waals surface area contributed by atoms with E-state index < -0.39 is 0 Å². The quantitative estimate of drug-likeness (QED) is 0.185. The first-order valence-electron chi connectivity index (χ1n) is 16.0. The molecule has 1 aliphatic carbocycles. The number of fused-ring (bicyclic) bond motifs is 9. The van der Waals surface area contributed by atoms with E-state index in [1.807, 2.05) is 12.1 Å². The van der Waals surface area contributed by atoms with Crippen molar-refractivity contribution in [3.05, 3.63) is 169 Å². The Kier molecular flexibility index (Phi) is 5.44. The number of benzene rings is 6. The van der Waals surface area contributed by atoms with Gasteiger partial charge in [0.15, 0.2) is 0 Å². The second-order valence-corrected chi connectivity index (χ2v) is 12.3. The maximum absolute atomic E-state index is 8.15. The number of nitrogens with zero attached hydrogens (tertiary/aromatic N) is 3. The fourth-order valence-corrected chi connectivity index (χ4v) is 7.82. The number of ether oxygens (including phenoxy) is 1. The molecule has 3 heterocycles. The van der Waals surface area contributed by atoms with E-state index in [0.29, 0.717) is 5.69 Å². The molecule has 2 unspecified atom stereocenters. The minimum absolute atomic E-state index is 0.0513. The van der Waals surface area contributed by atoms with E-state index in [-0.39, 0.29) is 12.0 Å². The van der Waals surface area contributed by atoms with Crippen LogP contribution in [0.25, 0.3) is 71.0 Å². The molecule has 0 bridgehead atoms. The molecule has 4 nitrogen and oxygen atoms in total. The van der Waals surface area contributed by atoms with Crippen molar-refractivity contribution in [1.29, 1.82) is 0 Å². The average Bonchev–Trinajstić information content (AvgIpc) is 3.77. The van der Waals surface area contributed by atoms with E-state index in [9.17, 15) is 0 Å². The highest BCUT2D eigenvalue weighted by Crippen LogP contribution is 2.46. The summed E-state index contributed by atoms with van der Waals surface area (Å²) < 4.78 is 11.0. The highest BCUT2D eigenvalue weighted by atomic mass is 16.5. The van der Waals surface area contributed by atoms with Gasteiger partial charge in [0.2, 0.25) is 5.69 Å². The summed E-state index contributed by atoms with van der Waals surface area (Å²) in [7, 11) is 0. The van der Waals surface area contributed by atoms with Crippen molar-refractivity contribution < 1.29 is 4.74 Å². The van der Waals surface area contributed by atoms with Crippen molar-refractivity contribution in [2.45, 2.75) is 12.0 Å². The standard InChI is InChI=1S/C43H27N3O/c1-44-36-16-10-15-29(43(36)46-38-18-7-2-11-30(38)31-12-3-8-19-39(31)46)27-21-23-28(24-22-27)45-37-17-6-4-13-32(37)34-26-42-35(25-40(34)45)33-14-5-9-20-41(33)47-42/h2-26,33,41H. The Morgan fingerprint density at radius 1 is 0.574 bits per heavy atom. The van der Waals surface area contributed by atoms with E-state index in [0.717, 1.165) is 44.8 Å². The zero-order valence-electron chi connectivity index (χ0n) is 25.3. The van der Waals surface area contributed by atoms with E-state index in [1.165, 1.54) is 32.6 Å². The van der Waals surface area contributed by atoms with Gasteiger partial charge in [-0.2, -0.15) is 0 Å². The third kappa shape index (κ3) is 3.69. The van der Waals surface area contributed by atoms with E-state index in [1.54, 1.807) is 0 Å². The summed E-state index contributed by atoms with van der Waals surface area (Å²) >= 11 is 0. The van der Waals surface area contributed by atoms with Gasteiger partial charge in [0.1, 0.15) is 11.9 Å². The SMILES string of the molecule is [C-]#[N+]c1cccc(-c2ccc(-n3c4ccccc4c4cc5c(cc43)C3C=CC=CC3O5)cc2)c1-n1c2ccccc2c2ccccc21. The van der Waals surface area contributed by atoms with E-state index >= 15 is 0 Å². The van der Waals surface area contributed by atoms with Crippen LogP contribution >= 0.6 is 0 Å². The smallest absolute Gasteiger partial charge is 0.211 e. The van der Waals surface area contributed by atoms with Crippen molar-refractivity contribution in [1.82, 2.24) is 9.13 Å². The fraction of sp³-hybridized carbons (Fsp3) is 0.0465. The minimum atomic E-state index is 0.0513. The molecule has 0 N–H and O–H groups in total. The molecule has 0 saturated carbocycles. The predicted molar refractivity (Wildman–Crippen MR) is 192 cm³/mol. The van der Waals surface area contributed by atoms with Gasteiger partial charge in [-0.25, -0.2) is 4.85 Å². The zero-order chi connectivity index (χ0) is 31.1. The second kappa shape index (κ2) is 9.84. The van der Waals surface area contributed by atoms with Crippen LogP contribution in [0.15, 0.2) is 152 Å². The van der Waals surface area contributed by atoms with Crippen LogP contribution in [0.5, 0.6) is 5.75 Å². The third-order valence-corrected chi connectivity index (χ3v) is 9.89. The average molecular weight is 602 g/mol. The zero-order valence-corrected chi connectivity index (χ0v) is 25.3. The number of hydrogen-bond donors (Lipinski definition) is 0. The lowest BCUT2D eigenvalue weighted by Crippen LogP contribution is -2.15. The maximum atomic E-state index is 8.15. The Hall–Kier alpha value is -6.31. The fourth-order valence-electron chi connectivity index (χ4n) is 7.82. The highest BCUT2D eigenvalue weighted by Gasteiger charge is 2.33. The molecule has 10 rings (SSSR count). The molecule has 6 aromatic carbocycles. The summed E-state index contributed by atoms with van der Waals surface area (Å²) in [4.78, 5) is 4.02. The monoisotopic (exact) mass is 601 g/mol. The number of aromatic nitrogens is 2. The Morgan fingerprint density at radius 2 is 1.21 bits per heavy atom. The molecule has 2 atom stereocenters. The van der Waals surface area contributed by atoms with Gasteiger partial charge in [-0.15, -0.1) is 0 Å². The van der Waals surface area contributed by atoms with Crippen molar-refractivity contribution in [2.75, 3.05) is 0 Å². The molecule has 8 aromatic rings. The van der Waals surface area contributed by atoms with Crippen LogP contribution in [0.3, 0.4) is 0 Å².